The second-order valence-corrected chi connectivity index (χ2v) is 3.67. The Morgan fingerprint density at radius 3 is 2.86 bits per heavy atom. The zero-order chi connectivity index (χ0) is 10.2. The molecular weight excluding hydrogens is 178 g/mol. The van der Waals surface area contributed by atoms with E-state index in [1.54, 1.807) is 10.9 Å². The summed E-state index contributed by atoms with van der Waals surface area (Å²) in [5.74, 6) is 0.163. The maximum absolute atomic E-state index is 10.9. The predicted molar refractivity (Wildman–Crippen MR) is 49.4 cm³/mol. The van der Waals surface area contributed by atoms with Gasteiger partial charge in [0.2, 0.25) is 0 Å². The van der Waals surface area contributed by atoms with Gasteiger partial charge in [0, 0.05) is 31.1 Å². The van der Waals surface area contributed by atoms with Crippen LogP contribution in [0.3, 0.4) is 0 Å². The Bertz CT molecular complexity index is 405. The molecule has 0 radical (unpaired) electrons. The van der Waals surface area contributed by atoms with Gasteiger partial charge < -0.3 is 0 Å². The Balaban J connectivity index is 2.30. The Morgan fingerprint density at radius 1 is 1.71 bits per heavy atom. The lowest BCUT2D eigenvalue weighted by molar-refractivity contribution is -0.126. The minimum Gasteiger partial charge on any atom is -0.300 e. The fourth-order valence-corrected chi connectivity index (χ4v) is 1.75. The fourth-order valence-electron chi connectivity index (χ4n) is 1.75. The van der Waals surface area contributed by atoms with Crippen LogP contribution in [0.15, 0.2) is 12.4 Å². The highest BCUT2D eigenvalue weighted by Gasteiger charge is 2.46. The molecule has 0 N–H and O–H groups in total. The average Bonchev–Trinajstić information content (AvgIpc) is 2.61. The summed E-state index contributed by atoms with van der Waals surface area (Å²) >= 11 is 0. The molecule has 14 heavy (non-hydrogen) atoms. The molecule has 0 unspecified atom stereocenters. The summed E-state index contributed by atoms with van der Waals surface area (Å²) < 4.78 is 1.78. The van der Waals surface area contributed by atoms with Crippen molar-refractivity contribution in [3.05, 3.63) is 18.0 Å². The standard InChI is InChI=1S/C10H11N3O/c1-2-13-6-8(5-12-13)10(7-11)3-9(14)4-10/h5-6H,2-4H2,1H3. The van der Waals surface area contributed by atoms with Crippen LogP contribution in [-0.4, -0.2) is 15.6 Å². The molecular formula is C10H11N3O. The van der Waals surface area contributed by atoms with Crippen molar-refractivity contribution in [2.45, 2.75) is 31.7 Å². The molecule has 0 saturated heterocycles. The van der Waals surface area contributed by atoms with E-state index in [1.807, 2.05) is 13.1 Å². The summed E-state index contributed by atoms with van der Waals surface area (Å²) in [7, 11) is 0. The number of Topliss-reactive ketones (excluding diaryl/α,β-unsaturated/α-hetero) is 1. The summed E-state index contributed by atoms with van der Waals surface area (Å²) in [5, 5.41) is 13.2. The second-order valence-electron chi connectivity index (χ2n) is 3.67. The maximum Gasteiger partial charge on any atom is 0.136 e. The van der Waals surface area contributed by atoms with Crippen molar-refractivity contribution >= 4 is 5.78 Å². The summed E-state index contributed by atoms with van der Waals surface area (Å²) in [6, 6.07) is 2.22. The van der Waals surface area contributed by atoms with Crippen LogP contribution in [0.4, 0.5) is 0 Å². The summed E-state index contributed by atoms with van der Waals surface area (Å²) in [4.78, 5) is 10.9. The molecule has 72 valence electrons. The lowest BCUT2D eigenvalue weighted by atomic mass is 9.65. The molecule has 1 aliphatic rings. The number of aromatic nitrogens is 2. The Morgan fingerprint density at radius 2 is 2.43 bits per heavy atom. The van der Waals surface area contributed by atoms with Gasteiger partial charge in [-0.2, -0.15) is 10.4 Å². The first-order valence-corrected chi connectivity index (χ1v) is 4.66. The normalized spacial score (nSPS) is 18.7. The molecule has 1 heterocycles. The first kappa shape index (κ1) is 8.95. The van der Waals surface area contributed by atoms with Crippen LogP contribution in [0.25, 0.3) is 0 Å². The largest absolute Gasteiger partial charge is 0.300 e. The molecule has 2 rings (SSSR count). The molecule has 1 aliphatic carbocycles. The van der Waals surface area contributed by atoms with Crippen LogP contribution in [0.2, 0.25) is 0 Å². The summed E-state index contributed by atoms with van der Waals surface area (Å²) in [5.41, 5.74) is 0.297. The number of aryl methyl sites for hydroxylation is 1. The van der Waals surface area contributed by atoms with E-state index in [-0.39, 0.29) is 5.78 Å². The van der Waals surface area contributed by atoms with Gasteiger partial charge in [0.1, 0.15) is 5.78 Å². The monoisotopic (exact) mass is 189 g/mol. The van der Waals surface area contributed by atoms with Gasteiger partial charge in [-0.3, -0.25) is 9.48 Å². The van der Waals surface area contributed by atoms with Crippen LogP contribution in [-0.2, 0) is 16.8 Å². The number of nitrogens with zero attached hydrogens (tertiary/aromatic N) is 3. The quantitative estimate of drug-likeness (QED) is 0.698. The van der Waals surface area contributed by atoms with Gasteiger partial charge in [-0.25, -0.2) is 0 Å². The zero-order valence-corrected chi connectivity index (χ0v) is 8.03. The van der Waals surface area contributed by atoms with Crippen molar-refractivity contribution in [3.63, 3.8) is 0 Å². The van der Waals surface area contributed by atoms with Gasteiger partial charge in [0.25, 0.3) is 0 Å². The predicted octanol–water partition coefficient (Wildman–Crippen LogP) is 1.03. The number of rotatable bonds is 2. The molecule has 1 saturated carbocycles. The molecule has 0 atom stereocenters. The third-order valence-corrected chi connectivity index (χ3v) is 2.72. The fraction of sp³-hybridized carbons (Fsp3) is 0.500. The first-order chi connectivity index (χ1) is 6.70. The van der Waals surface area contributed by atoms with Crippen molar-refractivity contribution in [2.24, 2.45) is 0 Å². The first-order valence-electron chi connectivity index (χ1n) is 4.66. The maximum atomic E-state index is 10.9. The molecule has 0 amide bonds. The van der Waals surface area contributed by atoms with Crippen molar-refractivity contribution in [3.8, 4) is 6.07 Å². The van der Waals surface area contributed by atoms with Gasteiger partial charge in [-0.15, -0.1) is 0 Å². The molecule has 0 bridgehead atoms. The minimum atomic E-state index is -0.579. The van der Waals surface area contributed by atoms with Gasteiger partial charge >= 0.3 is 0 Å². The van der Waals surface area contributed by atoms with Crippen molar-refractivity contribution in [2.75, 3.05) is 0 Å². The van der Waals surface area contributed by atoms with Gasteiger partial charge in [-0.1, -0.05) is 0 Å². The minimum absolute atomic E-state index is 0.163. The van der Waals surface area contributed by atoms with Gasteiger partial charge in [-0.05, 0) is 6.92 Å². The third-order valence-electron chi connectivity index (χ3n) is 2.72. The lowest BCUT2D eigenvalue weighted by Crippen LogP contribution is -2.40. The van der Waals surface area contributed by atoms with E-state index in [2.05, 4.69) is 11.2 Å². The van der Waals surface area contributed by atoms with E-state index in [0.717, 1.165) is 12.1 Å². The number of hydrogen-bond acceptors (Lipinski definition) is 3. The van der Waals surface area contributed by atoms with E-state index >= 15 is 0 Å². The van der Waals surface area contributed by atoms with E-state index in [0.29, 0.717) is 12.8 Å². The average molecular weight is 189 g/mol. The van der Waals surface area contributed by atoms with E-state index in [9.17, 15) is 4.79 Å². The van der Waals surface area contributed by atoms with Crippen LogP contribution >= 0.6 is 0 Å². The van der Waals surface area contributed by atoms with Crippen molar-refractivity contribution < 1.29 is 4.79 Å². The van der Waals surface area contributed by atoms with Crippen LogP contribution in [0.1, 0.15) is 25.3 Å². The van der Waals surface area contributed by atoms with Crippen molar-refractivity contribution in [1.29, 1.82) is 5.26 Å². The van der Waals surface area contributed by atoms with Gasteiger partial charge in [0.15, 0.2) is 0 Å². The third kappa shape index (κ3) is 1.13. The Hall–Kier alpha value is -1.63. The summed E-state index contributed by atoms with van der Waals surface area (Å²) in [6.07, 6.45) is 4.24. The lowest BCUT2D eigenvalue weighted by Gasteiger charge is -2.32. The highest BCUT2D eigenvalue weighted by atomic mass is 16.1. The van der Waals surface area contributed by atoms with Gasteiger partial charge in [0.05, 0.1) is 17.7 Å². The van der Waals surface area contributed by atoms with E-state index in [1.165, 1.54) is 0 Å². The van der Waals surface area contributed by atoms with Crippen LogP contribution < -0.4 is 0 Å². The number of carbonyl (C=O) groups excluding carboxylic acids is 1. The number of carbonyl (C=O) groups is 1. The molecule has 0 aliphatic heterocycles. The molecule has 0 spiro atoms. The Labute approximate surface area is 82.1 Å². The van der Waals surface area contributed by atoms with E-state index in [4.69, 9.17) is 5.26 Å². The number of ketones is 1. The highest BCUT2D eigenvalue weighted by molar-refractivity contribution is 5.90. The van der Waals surface area contributed by atoms with Crippen molar-refractivity contribution in [1.82, 2.24) is 9.78 Å². The topological polar surface area (TPSA) is 58.7 Å². The molecule has 1 aromatic heterocycles. The second kappa shape index (κ2) is 2.95. The SMILES string of the molecule is CCn1cc(C2(C#N)CC(=O)C2)cn1. The summed E-state index contributed by atoms with van der Waals surface area (Å²) in [6.45, 7) is 2.78. The molecule has 0 aromatic carbocycles. The zero-order valence-electron chi connectivity index (χ0n) is 8.03. The molecule has 1 fully saturated rings. The van der Waals surface area contributed by atoms with E-state index < -0.39 is 5.41 Å². The molecule has 4 nitrogen and oxygen atoms in total. The van der Waals surface area contributed by atoms with Crippen LogP contribution in [0, 0.1) is 11.3 Å². The Kier molecular flexibility index (Phi) is 1.88. The molecule has 1 aromatic rings. The molecule has 4 heteroatoms. The highest BCUT2D eigenvalue weighted by Crippen LogP contribution is 2.40. The smallest absolute Gasteiger partial charge is 0.136 e. The van der Waals surface area contributed by atoms with Crippen LogP contribution in [0.5, 0.6) is 0 Å². The number of nitriles is 1. The number of hydrogen-bond donors (Lipinski definition) is 0.